The summed E-state index contributed by atoms with van der Waals surface area (Å²) in [5.41, 5.74) is 2.71. The topological polar surface area (TPSA) is 3.24 Å². The third-order valence-electron chi connectivity index (χ3n) is 3.93. The van der Waals surface area contributed by atoms with Crippen LogP contribution < -0.4 is 0 Å². The van der Waals surface area contributed by atoms with Gasteiger partial charge in [0.25, 0.3) is 0 Å². The van der Waals surface area contributed by atoms with Gasteiger partial charge in [-0.25, -0.2) is 0 Å². The summed E-state index contributed by atoms with van der Waals surface area (Å²) in [5, 5.41) is 0. The molecule has 1 saturated carbocycles. The number of benzene rings is 1. The Bertz CT molecular complexity index is 451. The fourth-order valence-corrected chi connectivity index (χ4v) is 2.61. The summed E-state index contributed by atoms with van der Waals surface area (Å²) < 4.78 is 0. The van der Waals surface area contributed by atoms with Crippen molar-refractivity contribution in [1.82, 2.24) is 4.90 Å². The summed E-state index contributed by atoms with van der Waals surface area (Å²) in [6.07, 6.45) is 5.25. The van der Waals surface area contributed by atoms with Gasteiger partial charge < -0.3 is 0 Å². The molecule has 88 valence electrons. The Morgan fingerprint density at radius 2 is 1.71 bits per heavy atom. The normalized spacial score (nSPS) is 21.9. The maximum Gasteiger partial charge on any atom is 0.0831 e. The van der Waals surface area contributed by atoms with E-state index in [9.17, 15) is 0 Å². The van der Waals surface area contributed by atoms with Crippen LogP contribution in [0.4, 0.5) is 0 Å². The minimum absolute atomic E-state index is 0.251. The Hall–Kier alpha value is -1.26. The second kappa shape index (κ2) is 4.20. The van der Waals surface area contributed by atoms with Crippen LogP contribution in [0.15, 0.2) is 24.3 Å². The molecule has 0 amide bonds. The van der Waals surface area contributed by atoms with E-state index in [1.165, 1.54) is 44.3 Å². The van der Waals surface area contributed by atoms with Crippen LogP contribution in [0.1, 0.15) is 36.8 Å². The van der Waals surface area contributed by atoms with Crippen LogP contribution in [0.25, 0.3) is 0 Å². The molecular weight excluding hydrogens is 206 g/mol. The molecule has 2 fully saturated rings. The highest BCUT2D eigenvalue weighted by molar-refractivity contribution is 5.40. The van der Waals surface area contributed by atoms with Crippen LogP contribution in [0.5, 0.6) is 0 Å². The van der Waals surface area contributed by atoms with Crippen molar-refractivity contribution >= 4 is 0 Å². The van der Waals surface area contributed by atoms with E-state index >= 15 is 0 Å². The summed E-state index contributed by atoms with van der Waals surface area (Å²) in [5.74, 6) is 6.88. The monoisotopic (exact) mass is 225 g/mol. The zero-order chi connectivity index (χ0) is 11.7. The number of likely N-dealkylation sites (tertiary alicyclic amines) is 1. The van der Waals surface area contributed by atoms with Crippen LogP contribution >= 0.6 is 0 Å². The van der Waals surface area contributed by atoms with Gasteiger partial charge in [-0.15, -0.1) is 0 Å². The maximum atomic E-state index is 3.52. The Morgan fingerprint density at radius 3 is 2.29 bits per heavy atom. The molecule has 1 aliphatic heterocycles. The Labute approximate surface area is 104 Å². The van der Waals surface area contributed by atoms with Gasteiger partial charge in [0.15, 0.2) is 0 Å². The molecule has 3 rings (SSSR count). The molecule has 1 heteroatoms. The first-order valence-electron chi connectivity index (χ1n) is 6.63. The summed E-state index contributed by atoms with van der Waals surface area (Å²) in [6, 6.07) is 8.53. The lowest BCUT2D eigenvalue weighted by atomic mass is 10.1. The van der Waals surface area contributed by atoms with Crippen molar-refractivity contribution in [2.45, 2.75) is 38.1 Å². The molecule has 0 radical (unpaired) electrons. The zero-order valence-electron chi connectivity index (χ0n) is 10.5. The van der Waals surface area contributed by atoms with Crippen LogP contribution in [-0.2, 0) is 0 Å². The maximum absolute atomic E-state index is 3.52. The molecule has 1 aliphatic carbocycles. The van der Waals surface area contributed by atoms with Gasteiger partial charge in [-0.1, -0.05) is 29.5 Å². The van der Waals surface area contributed by atoms with E-state index in [-0.39, 0.29) is 5.54 Å². The number of hydrogen-bond donors (Lipinski definition) is 0. The average molecular weight is 225 g/mol. The van der Waals surface area contributed by atoms with Crippen molar-refractivity contribution in [2.75, 3.05) is 13.1 Å². The third-order valence-corrected chi connectivity index (χ3v) is 3.93. The average Bonchev–Trinajstić information content (AvgIpc) is 2.93. The molecule has 1 saturated heterocycles. The third kappa shape index (κ3) is 2.23. The fourth-order valence-electron chi connectivity index (χ4n) is 2.61. The molecule has 2 aliphatic rings. The van der Waals surface area contributed by atoms with Gasteiger partial charge in [-0.3, -0.25) is 4.90 Å². The lowest BCUT2D eigenvalue weighted by Crippen LogP contribution is -2.33. The van der Waals surface area contributed by atoms with E-state index in [1.54, 1.807) is 0 Å². The van der Waals surface area contributed by atoms with Crippen LogP contribution in [0.2, 0.25) is 0 Å². The predicted octanol–water partition coefficient (Wildman–Crippen LogP) is 2.97. The van der Waals surface area contributed by atoms with E-state index in [2.05, 4.69) is 47.9 Å². The minimum atomic E-state index is 0.251. The van der Waals surface area contributed by atoms with Crippen molar-refractivity contribution in [3.05, 3.63) is 35.4 Å². The second-order valence-electron chi connectivity index (χ2n) is 5.34. The van der Waals surface area contributed by atoms with Gasteiger partial charge in [0, 0.05) is 5.56 Å². The van der Waals surface area contributed by atoms with Gasteiger partial charge >= 0.3 is 0 Å². The van der Waals surface area contributed by atoms with Crippen LogP contribution in [-0.4, -0.2) is 23.5 Å². The smallest absolute Gasteiger partial charge is 0.0831 e. The fraction of sp³-hybridized carbons (Fsp3) is 0.500. The first-order chi connectivity index (χ1) is 8.28. The number of nitrogens with zero attached hydrogens (tertiary/aromatic N) is 1. The van der Waals surface area contributed by atoms with Crippen LogP contribution in [0, 0.1) is 18.8 Å². The highest BCUT2D eigenvalue weighted by Crippen LogP contribution is 2.42. The standard InChI is InChI=1S/C16H19N/c1-14-4-6-15(7-5-14)8-9-16(10-11-16)17-12-2-3-13-17/h4-7H,2-3,10-13H2,1H3. The minimum Gasteiger partial charge on any atom is -0.287 e. The van der Waals surface area contributed by atoms with Crippen molar-refractivity contribution in [3.8, 4) is 11.8 Å². The van der Waals surface area contributed by atoms with Gasteiger partial charge in [0.05, 0.1) is 5.54 Å². The Balaban J connectivity index is 1.76. The first kappa shape index (κ1) is 10.9. The van der Waals surface area contributed by atoms with Gasteiger partial charge in [0.2, 0.25) is 0 Å². The Kier molecular flexibility index (Phi) is 2.68. The van der Waals surface area contributed by atoms with Crippen molar-refractivity contribution in [3.63, 3.8) is 0 Å². The van der Waals surface area contributed by atoms with Crippen LogP contribution in [0.3, 0.4) is 0 Å². The van der Waals surface area contributed by atoms with E-state index in [1.807, 2.05) is 0 Å². The largest absolute Gasteiger partial charge is 0.287 e. The lowest BCUT2D eigenvalue weighted by molar-refractivity contribution is 0.275. The highest BCUT2D eigenvalue weighted by Gasteiger charge is 2.47. The van der Waals surface area contributed by atoms with Gasteiger partial charge in [-0.2, -0.15) is 0 Å². The first-order valence-corrected chi connectivity index (χ1v) is 6.63. The molecule has 0 unspecified atom stereocenters. The quantitative estimate of drug-likeness (QED) is 0.664. The number of hydrogen-bond acceptors (Lipinski definition) is 1. The van der Waals surface area contributed by atoms with E-state index in [4.69, 9.17) is 0 Å². The summed E-state index contributed by atoms with van der Waals surface area (Å²) >= 11 is 0. The molecule has 1 aromatic rings. The zero-order valence-corrected chi connectivity index (χ0v) is 10.5. The molecular formula is C16H19N. The highest BCUT2D eigenvalue weighted by atomic mass is 15.2. The summed E-state index contributed by atoms with van der Waals surface area (Å²) in [4.78, 5) is 2.59. The molecule has 0 spiro atoms. The summed E-state index contributed by atoms with van der Waals surface area (Å²) in [7, 11) is 0. The molecule has 0 bridgehead atoms. The molecule has 17 heavy (non-hydrogen) atoms. The molecule has 0 N–H and O–H groups in total. The molecule has 1 aromatic carbocycles. The predicted molar refractivity (Wildman–Crippen MR) is 70.8 cm³/mol. The van der Waals surface area contributed by atoms with Gasteiger partial charge in [-0.05, 0) is 57.8 Å². The van der Waals surface area contributed by atoms with Crippen molar-refractivity contribution in [1.29, 1.82) is 0 Å². The molecule has 0 atom stereocenters. The SMILES string of the molecule is Cc1ccc(C#CC2(N3CCCC3)CC2)cc1. The van der Waals surface area contributed by atoms with E-state index in [0.29, 0.717) is 0 Å². The van der Waals surface area contributed by atoms with Gasteiger partial charge in [0.1, 0.15) is 0 Å². The Morgan fingerprint density at radius 1 is 1.06 bits per heavy atom. The number of rotatable bonds is 1. The van der Waals surface area contributed by atoms with E-state index < -0.39 is 0 Å². The number of aryl methyl sites for hydroxylation is 1. The molecule has 0 aromatic heterocycles. The molecule has 1 heterocycles. The lowest BCUT2D eigenvalue weighted by Gasteiger charge is -2.21. The molecule has 1 nitrogen and oxygen atoms in total. The summed E-state index contributed by atoms with van der Waals surface area (Å²) in [6.45, 7) is 4.62. The van der Waals surface area contributed by atoms with E-state index in [0.717, 1.165) is 5.56 Å². The van der Waals surface area contributed by atoms with Crippen molar-refractivity contribution in [2.24, 2.45) is 0 Å². The van der Waals surface area contributed by atoms with Crippen molar-refractivity contribution < 1.29 is 0 Å². The second-order valence-corrected chi connectivity index (χ2v) is 5.34.